The predicted octanol–water partition coefficient (Wildman–Crippen LogP) is -4.84. The molecule has 0 N–H and O–H groups in total. The first kappa shape index (κ1) is 11.0. The molecule has 1 rings (SSSR count). The van der Waals surface area contributed by atoms with Crippen LogP contribution in [-0.4, -0.2) is 31.9 Å². The topological polar surface area (TPSA) is 58.6 Å². The van der Waals surface area contributed by atoms with E-state index in [1.807, 2.05) is 0 Å². The molecular formula is C5H7KO4. The summed E-state index contributed by atoms with van der Waals surface area (Å²) in [5, 5.41) is 9.77. The van der Waals surface area contributed by atoms with Gasteiger partial charge in [0.1, 0.15) is 6.10 Å². The van der Waals surface area contributed by atoms with Crippen molar-refractivity contribution in [3.63, 3.8) is 0 Å². The molecule has 1 saturated heterocycles. The van der Waals surface area contributed by atoms with Crippen LogP contribution in [0.2, 0.25) is 0 Å². The second-order valence-electron chi connectivity index (χ2n) is 1.84. The van der Waals surface area contributed by atoms with E-state index >= 15 is 0 Å². The van der Waals surface area contributed by atoms with Crippen LogP contribution >= 0.6 is 0 Å². The summed E-state index contributed by atoms with van der Waals surface area (Å²) in [6, 6.07) is 0. The molecule has 0 amide bonds. The summed E-state index contributed by atoms with van der Waals surface area (Å²) in [5.74, 6) is -1.18. The maximum absolute atomic E-state index is 9.77. The van der Waals surface area contributed by atoms with E-state index in [0.29, 0.717) is 13.2 Å². The number of carbonyl (C=O) groups excluding carboxylic acids is 1. The Hall–Kier alpha value is 1.03. The smallest absolute Gasteiger partial charge is 0.548 e. The van der Waals surface area contributed by atoms with E-state index in [1.165, 1.54) is 0 Å². The number of hydrogen-bond acceptors (Lipinski definition) is 4. The van der Waals surface area contributed by atoms with Gasteiger partial charge < -0.3 is 19.4 Å². The molecule has 1 aliphatic heterocycles. The van der Waals surface area contributed by atoms with Crippen LogP contribution in [0.4, 0.5) is 0 Å². The Labute approximate surface area is 101 Å². The number of ether oxygens (including phenoxy) is 2. The van der Waals surface area contributed by atoms with Gasteiger partial charge in [-0.25, -0.2) is 0 Å². The van der Waals surface area contributed by atoms with Gasteiger partial charge in [0.25, 0.3) is 0 Å². The molecule has 0 aromatic rings. The summed E-state index contributed by atoms with van der Waals surface area (Å²) >= 11 is 0. The Morgan fingerprint density at radius 2 is 2.30 bits per heavy atom. The second kappa shape index (κ2) is 5.65. The van der Waals surface area contributed by atoms with Gasteiger partial charge >= 0.3 is 51.4 Å². The van der Waals surface area contributed by atoms with Crippen molar-refractivity contribution in [2.24, 2.45) is 0 Å². The Bertz CT molecular complexity index is 112. The molecule has 0 spiro atoms. The van der Waals surface area contributed by atoms with Crippen LogP contribution in [0.3, 0.4) is 0 Å². The Balaban J connectivity index is 0.000000810. The van der Waals surface area contributed by atoms with E-state index in [9.17, 15) is 9.90 Å². The average molecular weight is 170 g/mol. The van der Waals surface area contributed by atoms with Gasteiger partial charge in [0.05, 0.1) is 25.8 Å². The first-order valence-corrected chi connectivity index (χ1v) is 2.68. The van der Waals surface area contributed by atoms with Gasteiger partial charge in [0, 0.05) is 0 Å². The fourth-order valence-electron chi connectivity index (χ4n) is 0.496. The minimum Gasteiger partial charge on any atom is -0.548 e. The number of carbonyl (C=O) groups is 1. The molecule has 1 aliphatic rings. The molecule has 0 unspecified atom stereocenters. The Kier molecular flexibility index (Phi) is 6.23. The molecule has 0 aliphatic carbocycles. The van der Waals surface area contributed by atoms with E-state index in [2.05, 4.69) is 0 Å². The van der Waals surface area contributed by atoms with Crippen molar-refractivity contribution < 1.29 is 70.8 Å². The molecule has 5 heteroatoms. The van der Waals surface area contributed by atoms with Crippen molar-refractivity contribution >= 4 is 5.97 Å². The van der Waals surface area contributed by atoms with Crippen LogP contribution < -0.4 is 56.5 Å². The molecule has 0 aromatic heterocycles. The molecular weight excluding hydrogens is 163 g/mol. The molecule has 0 radical (unpaired) electrons. The Morgan fingerprint density at radius 1 is 1.70 bits per heavy atom. The normalized spacial score (nSPS) is 17.2. The third-order valence-corrected chi connectivity index (χ3v) is 1.04. The van der Waals surface area contributed by atoms with Gasteiger partial charge in [-0.1, -0.05) is 0 Å². The van der Waals surface area contributed by atoms with E-state index in [-0.39, 0.29) is 64.1 Å². The van der Waals surface area contributed by atoms with Crippen molar-refractivity contribution in [3.05, 3.63) is 0 Å². The number of hydrogen-bond donors (Lipinski definition) is 0. The number of rotatable bonds is 3. The van der Waals surface area contributed by atoms with Crippen molar-refractivity contribution in [1.29, 1.82) is 0 Å². The third kappa shape index (κ3) is 4.02. The zero-order valence-electron chi connectivity index (χ0n) is 5.83. The molecule has 0 atom stereocenters. The summed E-state index contributed by atoms with van der Waals surface area (Å²) in [4.78, 5) is 9.77. The van der Waals surface area contributed by atoms with Crippen LogP contribution in [0.25, 0.3) is 0 Å². The number of carboxylic acid groups (broad SMARTS) is 1. The molecule has 1 fully saturated rings. The largest absolute Gasteiger partial charge is 1.00 e. The molecule has 4 nitrogen and oxygen atoms in total. The zero-order chi connectivity index (χ0) is 6.69. The third-order valence-electron chi connectivity index (χ3n) is 1.04. The van der Waals surface area contributed by atoms with Gasteiger partial charge in [-0.05, 0) is 0 Å². The fraction of sp³-hybridized carbons (Fsp3) is 0.800. The standard InChI is InChI=1S/C5H8O4.K/c6-5(7)3-9-4-1-8-2-4;/h4H,1-3H2,(H,6,7);/q;+1/p-1. The van der Waals surface area contributed by atoms with Gasteiger partial charge in [-0.15, -0.1) is 0 Å². The molecule has 52 valence electrons. The van der Waals surface area contributed by atoms with Crippen LogP contribution in [0.15, 0.2) is 0 Å². The van der Waals surface area contributed by atoms with Crippen molar-refractivity contribution in [2.75, 3.05) is 19.8 Å². The molecule has 0 bridgehead atoms. The van der Waals surface area contributed by atoms with Crippen LogP contribution in [0, 0.1) is 0 Å². The zero-order valence-corrected chi connectivity index (χ0v) is 8.95. The van der Waals surface area contributed by atoms with E-state index in [0.717, 1.165) is 0 Å². The number of aliphatic carboxylic acids is 1. The van der Waals surface area contributed by atoms with Gasteiger partial charge in [0.2, 0.25) is 0 Å². The van der Waals surface area contributed by atoms with E-state index in [1.54, 1.807) is 0 Å². The van der Waals surface area contributed by atoms with Crippen molar-refractivity contribution in [2.45, 2.75) is 6.10 Å². The minimum atomic E-state index is -1.18. The quantitative estimate of drug-likeness (QED) is 0.399. The van der Waals surface area contributed by atoms with Gasteiger partial charge in [0.15, 0.2) is 0 Å². The summed E-state index contributed by atoms with van der Waals surface area (Å²) in [5.41, 5.74) is 0. The SMILES string of the molecule is O=C([O-])COC1COC1.[K+]. The van der Waals surface area contributed by atoms with Gasteiger partial charge in [-0.2, -0.15) is 0 Å². The fourth-order valence-corrected chi connectivity index (χ4v) is 0.496. The molecule has 1 heterocycles. The minimum absolute atomic E-state index is 0. The summed E-state index contributed by atoms with van der Waals surface area (Å²) in [6.07, 6.45) is -0.0251. The molecule has 0 aromatic carbocycles. The van der Waals surface area contributed by atoms with E-state index < -0.39 is 5.97 Å². The van der Waals surface area contributed by atoms with Crippen molar-refractivity contribution in [3.8, 4) is 0 Å². The Morgan fingerprint density at radius 3 is 2.60 bits per heavy atom. The summed E-state index contributed by atoms with van der Waals surface area (Å²) in [6.45, 7) is 0.689. The summed E-state index contributed by atoms with van der Waals surface area (Å²) < 4.78 is 9.48. The van der Waals surface area contributed by atoms with Crippen LogP contribution in [0.5, 0.6) is 0 Å². The average Bonchev–Trinajstić information content (AvgIpc) is 1.60. The summed E-state index contributed by atoms with van der Waals surface area (Å²) in [7, 11) is 0. The number of carboxylic acids is 1. The first-order chi connectivity index (χ1) is 4.29. The first-order valence-electron chi connectivity index (χ1n) is 2.68. The van der Waals surface area contributed by atoms with Crippen molar-refractivity contribution in [1.82, 2.24) is 0 Å². The van der Waals surface area contributed by atoms with Crippen LogP contribution in [0.1, 0.15) is 0 Å². The van der Waals surface area contributed by atoms with Crippen LogP contribution in [-0.2, 0) is 14.3 Å². The maximum Gasteiger partial charge on any atom is 1.00 e. The molecule has 0 saturated carbocycles. The van der Waals surface area contributed by atoms with Gasteiger partial charge in [-0.3, -0.25) is 0 Å². The monoisotopic (exact) mass is 170 g/mol. The molecule has 10 heavy (non-hydrogen) atoms. The van der Waals surface area contributed by atoms with E-state index in [4.69, 9.17) is 9.47 Å². The maximum atomic E-state index is 9.77. The second-order valence-corrected chi connectivity index (χ2v) is 1.84. The predicted molar refractivity (Wildman–Crippen MR) is 25.6 cm³/mol.